The van der Waals surface area contributed by atoms with Gasteiger partial charge >= 0.3 is 0 Å². The highest BCUT2D eigenvalue weighted by molar-refractivity contribution is 5.81. The maximum atomic E-state index is 12.5. The molecule has 1 fully saturated rings. The highest BCUT2D eigenvalue weighted by Crippen LogP contribution is 2.20. The van der Waals surface area contributed by atoms with Crippen LogP contribution in [0.5, 0.6) is 5.75 Å². The quantitative estimate of drug-likeness (QED) is 0.853. The molecule has 0 aromatic heterocycles. The van der Waals surface area contributed by atoms with Gasteiger partial charge in [0.25, 0.3) is 5.91 Å². The fourth-order valence-corrected chi connectivity index (χ4v) is 2.35. The third kappa shape index (κ3) is 3.53. The lowest BCUT2D eigenvalue weighted by molar-refractivity contribution is -0.149. The molecule has 1 aliphatic heterocycles. The maximum Gasteiger partial charge on any atom is 0.263 e. The van der Waals surface area contributed by atoms with Crippen LogP contribution in [0, 0.1) is 11.3 Å². The van der Waals surface area contributed by atoms with E-state index in [9.17, 15) is 4.79 Å². The molecule has 1 amide bonds. The molecule has 0 saturated carbocycles. The molecule has 1 aromatic rings. The SMILES string of the molecule is C[C@@H]1CN(C(=O)[C@H](C)Oc2ccccc2C#N)[C@@H](C)CO1. The molecular weight excluding hydrogens is 268 g/mol. The molecule has 1 saturated heterocycles. The molecule has 0 unspecified atom stereocenters. The summed E-state index contributed by atoms with van der Waals surface area (Å²) in [5, 5.41) is 9.05. The van der Waals surface area contributed by atoms with Crippen LogP contribution in [0.3, 0.4) is 0 Å². The number of amides is 1. The molecular formula is C16H20N2O3. The van der Waals surface area contributed by atoms with E-state index in [4.69, 9.17) is 14.7 Å². The first kappa shape index (κ1) is 15.3. The number of carbonyl (C=O) groups excluding carboxylic acids is 1. The Bertz CT molecular complexity index is 553. The summed E-state index contributed by atoms with van der Waals surface area (Å²) < 4.78 is 11.2. The molecule has 2 rings (SSSR count). The van der Waals surface area contributed by atoms with Crippen LogP contribution in [0.4, 0.5) is 0 Å². The summed E-state index contributed by atoms with van der Waals surface area (Å²) in [7, 11) is 0. The van der Waals surface area contributed by atoms with Gasteiger partial charge in [-0.25, -0.2) is 0 Å². The van der Waals surface area contributed by atoms with Gasteiger partial charge in [-0.05, 0) is 32.9 Å². The van der Waals surface area contributed by atoms with Crippen molar-refractivity contribution in [3.05, 3.63) is 29.8 Å². The summed E-state index contributed by atoms with van der Waals surface area (Å²) in [6.07, 6.45) is -0.601. The number of morpholine rings is 1. The average molecular weight is 288 g/mol. The van der Waals surface area contributed by atoms with Crippen LogP contribution < -0.4 is 4.74 Å². The lowest BCUT2D eigenvalue weighted by Crippen LogP contribution is -2.53. The number of benzene rings is 1. The molecule has 5 nitrogen and oxygen atoms in total. The summed E-state index contributed by atoms with van der Waals surface area (Å²) in [6.45, 7) is 6.72. The third-order valence-corrected chi connectivity index (χ3v) is 3.55. The van der Waals surface area contributed by atoms with E-state index in [2.05, 4.69) is 6.07 Å². The van der Waals surface area contributed by atoms with Crippen molar-refractivity contribution in [2.45, 2.75) is 39.0 Å². The molecule has 1 aromatic carbocycles. The van der Waals surface area contributed by atoms with Crippen molar-refractivity contribution in [3.63, 3.8) is 0 Å². The minimum Gasteiger partial charge on any atom is -0.480 e. The zero-order valence-electron chi connectivity index (χ0n) is 12.6. The molecule has 3 atom stereocenters. The fraction of sp³-hybridized carbons (Fsp3) is 0.500. The second kappa shape index (κ2) is 6.59. The van der Waals surface area contributed by atoms with Crippen molar-refractivity contribution in [2.75, 3.05) is 13.2 Å². The van der Waals surface area contributed by atoms with E-state index in [0.29, 0.717) is 24.5 Å². The van der Waals surface area contributed by atoms with Gasteiger partial charge in [-0.3, -0.25) is 4.79 Å². The molecule has 0 radical (unpaired) electrons. The standard InChI is InChI=1S/C16H20N2O3/c1-11-10-20-12(2)9-18(11)16(19)13(3)21-15-7-5-4-6-14(15)8-17/h4-7,11-13H,9-10H2,1-3H3/t11-,12+,13-/m0/s1. The summed E-state index contributed by atoms with van der Waals surface area (Å²) in [4.78, 5) is 14.3. The zero-order chi connectivity index (χ0) is 15.4. The van der Waals surface area contributed by atoms with Crippen molar-refractivity contribution in [1.29, 1.82) is 5.26 Å². The van der Waals surface area contributed by atoms with Crippen LogP contribution in [0.1, 0.15) is 26.3 Å². The van der Waals surface area contributed by atoms with Crippen LogP contribution in [0.15, 0.2) is 24.3 Å². The van der Waals surface area contributed by atoms with Crippen LogP contribution in [-0.2, 0) is 9.53 Å². The Labute approximate surface area is 125 Å². The Kier molecular flexibility index (Phi) is 4.81. The molecule has 112 valence electrons. The van der Waals surface area contributed by atoms with E-state index in [-0.39, 0.29) is 18.1 Å². The third-order valence-electron chi connectivity index (χ3n) is 3.55. The molecule has 0 bridgehead atoms. The van der Waals surface area contributed by atoms with Gasteiger partial charge in [0.15, 0.2) is 6.10 Å². The Morgan fingerprint density at radius 3 is 2.90 bits per heavy atom. The van der Waals surface area contributed by atoms with Gasteiger partial charge in [0.2, 0.25) is 0 Å². The molecule has 21 heavy (non-hydrogen) atoms. The first-order valence-corrected chi connectivity index (χ1v) is 7.10. The first-order valence-electron chi connectivity index (χ1n) is 7.10. The first-order chi connectivity index (χ1) is 10.0. The van der Waals surface area contributed by atoms with E-state index < -0.39 is 6.10 Å². The highest BCUT2D eigenvalue weighted by Gasteiger charge is 2.31. The second-order valence-electron chi connectivity index (χ2n) is 5.35. The Hall–Kier alpha value is -2.06. The molecule has 1 aliphatic rings. The minimum absolute atomic E-state index is 0.0312. The van der Waals surface area contributed by atoms with Gasteiger partial charge in [0, 0.05) is 6.54 Å². The largest absolute Gasteiger partial charge is 0.480 e. The van der Waals surface area contributed by atoms with Gasteiger partial charge in [0.05, 0.1) is 24.3 Å². The van der Waals surface area contributed by atoms with Gasteiger partial charge in [-0.2, -0.15) is 5.26 Å². The summed E-state index contributed by atoms with van der Waals surface area (Å²) >= 11 is 0. The number of para-hydroxylation sites is 1. The predicted octanol–water partition coefficient (Wildman–Crippen LogP) is 1.96. The Morgan fingerprint density at radius 1 is 1.48 bits per heavy atom. The van der Waals surface area contributed by atoms with Crippen molar-refractivity contribution in [3.8, 4) is 11.8 Å². The normalized spacial score (nSPS) is 23.2. The van der Waals surface area contributed by atoms with Crippen LogP contribution in [0.25, 0.3) is 0 Å². The molecule has 5 heteroatoms. The minimum atomic E-state index is -0.632. The van der Waals surface area contributed by atoms with Crippen LogP contribution in [0.2, 0.25) is 0 Å². The fourth-order valence-electron chi connectivity index (χ4n) is 2.35. The number of nitrogens with zero attached hydrogens (tertiary/aromatic N) is 2. The summed E-state index contributed by atoms with van der Waals surface area (Å²) in [6, 6.07) is 9.03. The summed E-state index contributed by atoms with van der Waals surface area (Å²) in [5.74, 6) is 0.361. The maximum absolute atomic E-state index is 12.5. The van der Waals surface area contributed by atoms with Crippen molar-refractivity contribution in [2.24, 2.45) is 0 Å². The molecule has 0 N–H and O–H groups in total. The van der Waals surface area contributed by atoms with E-state index in [0.717, 1.165) is 0 Å². The molecule has 1 heterocycles. The smallest absolute Gasteiger partial charge is 0.263 e. The zero-order valence-corrected chi connectivity index (χ0v) is 12.6. The van der Waals surface area contributed by atoms with Crippen molar-refractivity contribution < 1.29 is 14.3 Å². The monoisotopic (exact) mass is 288 g/mol. The van der Waals surface area contributed by atoms with Gasteiger partial charge in [0.1, 0.15) is 11.8 Å². The average Bonchev–Trinajstić information content (AvgIpc) is 2.49. The van der Waals surface area contributed by atoms with E-state index in [1.165, 1.54) is 0 Å². The number of carbonyl (C=O) groups is 1. The Balaban J connectivity index is 2.07. The number of ether oxygens (including phenoxy) is 2. The van der Waals surface area contributed by atoms with Crippen molar-refractivity contribution in [1.82, 2.24) is 4.90 Å². The topological polar surface area (TPSA) is 62.6 Å². The van der Waals surface area contributed by atoms with Gasteiger partial charge in [-0.1, -0.05) is 12.1 Å². The highest BCUT2D eigenvalue weighted by atomic mass is 16.5. The van der Waals surface area contributed by atoms with E-state index in [1.54, 1.807) is 36.1 Å². The van der Waals surface area contributed by atoms with E-state index in [1.807, 2.05) is 13.8 Å². The number of hydrogen-bond donors (Lipinski definition) is 0. The van der Waals surface area contributed by atoms with E-state index >= 15 is 0 Å². The van der Waals surface area contributed by atoms with Crippen molar-refractivity contribution >= 4 is 5.91 Å². The predicted molar refractivity (Wildman–Crippen MR) is 77.8 cm³/mol. The lowest BCUT2D eigenvalue weighted by Gasteiger charge is -2.38. The number of hydrogen-bond acceptors (Lipinski definition) is 4. The lowest BCUT2D eigenvalue weighted by atomic mass is 10.1. The molecule has 0 aliphatic carbocycles. The van der Waals surface area contributed by atoms with Gasteiger partial charge in [-0.15, -0.1) is 0 Å². The van der Waals surface area contributed by atoms with Crippen LogP contribution in [-0.4, -0.2) is 42.2 Å². The second-order valence-corrected chi connectivity index (χ2v) is 5.35. The van der Waals surface area contributed by atoms with Crippen LogP contribution >= 0.6 is 0 Å². The number of rotatable bonds is 3. The number of nitriles is 1. The summed E-state index contributed by atoms with van der Waals surface area (Å²) in [5.41, 5.74) is 0.431. The van der Waals surface area contributed by atoms with Gasteiger partial charge < -0.3 is 14.4 Å². The Morgan fingerprint density at radius 2 is 2.19 bits per heavy atom. The molecule has 0 spiro atoms.